The summed E-state index contributed by atoms with van der Waals surface area (Å²) >= 11 is 7.94. The van der Waals surface area contributed by atoms with Crippen molar-refractivity contribution in [2.45, 2.75) is 0 Å². The van der Waals surface area contributed by atoms with Crippen LogP contribution >= 0.6 is 68.0 Å². The SMILES string of the molecule is Fc1cc2ccc3c(ccc4cc(-c5cc(F)c(-c6sc(-c7cc8ccc9c(ccc%10cc(F)sc%109)c8s7)cc6F)s5)sc43)c2s1. The molecule has 222 valence electrons. The van der Waals surface area contributed by atoms with Gasteiger partial charge in [0.25, 0.3) is 0 Å². The van der Waals surface area contributed by atoms with Crippen LogP contribution in [0, 0.1) is 21.9 Å². The van der Waals surface area contributed by atoms with Crippen LogP contribution in [0.4, 0.5) is 17.6 Å². The van der Waals surface area contributed by atoms with Gasteiger partial charge in [0, 0.05) is 59.9 Å². The Kier molecular flexibility index (Phi) is 5.93. The summed E-state index contributed by atoms with van der Waals surface area (Å²) in [6, 6.07) is 26.2. The topological polar surface area (TPSA) is 0 Å². The number of fused-ring (bicyclic) bond motifs is 10. The van der Waals surface area contributed by atoms with Crippen LogP contribution in [0.2, 0.25) is 0 Å². The van der Waals surface area contributed by atoms with Gasteiger partial charge in [0.15, 0.2) is 10.3 Å². The van der Waals surface area contributed by atoms with Gasteiger partial charge in [-0.1, -0.05) is 48.5 Å². The number of hydrogen-bond donors (Lipinski definition) is 0. The van der Waals surface area contributed by atoms with Gasteiger partial charge in [-0.25, -0.2) is 8.78 Å². The van der Waals surface area contributed by atoms with E-state index in [9.17, 15) is 8.78 Å². The van der Waals surface area contributed by atoms with Crippen molar-refractivity contribution < 1.29 is 17.6 Å². The molecule has 0 nitrogen and oxygen atoms in total. The second kappa shape index (κ2) is 9.93. The van der Waals surface area contributed by atoms with E-state index in [0.29, 0.717) is 0 Å². The standard InChI is InChI=1S/C36H14F4S6/c37-23-13-27(25-9-15-1-5-21-19(31(15)41-25)7-3-17-11-29(39)45-33(17)21)43-35(23)36-24(38)14-28(44-36)26-10-16-2-6-22-20(32(16)42-26)8-4-18-12-30(40)46-34(18)22/h1-14H. The van der Waals surface area contributed by atoms with Crippen LogP contribution < -0.4 is 0 Å². The molecule has 0 spiro atoms. The van der Waals surface area contributed by atoms with Crippen LogP contribution in [0.1, 0.15) is 0 Å². The summed E-state index contributed by atoms with van der Waals surface area (Å²) in [6.07, 6.45) is 0. The first-order valence-corrected chi connectivity index (χ1v) is 19.0. The lowest BCUT2D eigenvalue weighted by Gasteiger charge is -2.00. The first-order chi connectivity index (χ1) is 22.4. The van der Waals surface area contributed by atoms with Crippen LogP contribution in [0.15, 0.2) is 84.9 Å². The molecule has 0 amide bonds. The first kappa shape index (κ1) is 27.5. The van der Waals surface area contributed by atoms with Crippen LogP contribution in [-0.2, 0) is 0 Å². The Morgan fingerprint density at radius 3 is 1.04 bits per heavy atom. The molecule has 46 heavy (non-hydrogen) atoms. The second-order valence-electron chi connectivity index (χ2n) is 11.0. The molecule has 0 atom stereocenters. The molecule has 6 aromatic heterocycles. The summed E-state index contributed by atoms with van der Waals surface area (Å²) in [4.78, 5) is 3.87. The summed E-state index contributed by atoms with van der Waals surface area (Å²) in [6.45, 7) is 0. The molecule has 10 heteroatoms. The number of rotatable bonds is 3. The van der Waals surface area contributed by atoms with Crippen molar-refractivity contribution in [3.8, 4) is 29.3 Å². The number of halogens is 4. The Morgan fingerprint density at radius 1 is 0.326 bits per heavy atom. The largest absolute Gasteiger partial charge is 0.205 e. The molecular weight excluding hydrogens is 701 g/mol. The van der Waals surface area contributed by atoms with E-state index >= 15 is 8.78 Å². The van der Waals surface area contributed by atoms with Crippen molar-refractivity contribution in [1.82, 2.24) is 0 Å². The van der Waals surface area contributed by atoms with E-state index in [1.165, 1.54) is 34.8 Å². The van der Waals surface area contributed by atoms with E-state index in [-0.39, 0.29) is 20.0 Å². The molecule has 0 fully saturated rings. The molecule has 0 saturated carbocycles. The van der Waals surface area contributed by atoms with Crippen LogP contribution in [0.5, 0.6) is 0 Å². The fraction of sp³-hybridized carbons (Fsp3) is 0. The molecule has 0 aliphatic heterocycles. The zero-order valence-electron chi connectivity index (χ0n) is 23.0. The number of hydrogen-bond acceptors (Lipinski definition) is 6. The van der Waals surface area contributed by atoms with Gasteiger partial charge < -0.3 is 0 Å². The van der Waals surface area contributed by atoms with Gasteiger partial charge in [0.1, 0.15) is 11.6 Å². The summed E-state index contributed by atoms with van der Waals surface area (Å²) < 4.78 is 63.0. The molecule has 0 N–H and O–H groups in total. The minimum absolute atomic E-state index is 0.210. The molecule has 4 aromatic carbocycles. The summed E-state index contributed by atoms with van der Waals surface area (Å²) in [5.74, 6) is -0.889. The van der Waals surface area contributed by atoms with Gasteiger partial charge in [0.05, 0.1) is 9.75 Å². The molecule has 0 aliphatic carbocycles. The molecule has 10 aromatic rings. The van der Waals surface area contributed by atoms with E-state index in [1.807, 2.05) is 60.7 Å². The lowest BCUT2D eigenvalue weighted by atomic mass is 10.1. The lowest BCUT2D eigenvalue weighted by Crippen LogP contribution is -1.74. The van der Waals surface area contributed by atoms with Crippen molar-refractivity contribution in [2.75, 3.05) is 0 Å². The molecular formula is C36H14F4S6. The maximum Gasteiger partial charge on any atom is 0.177 e. The Morgan fingerprint density at radius 2 is 0.652 bits per heavy atom. The van der Waals surface area contributed by atoms with Crippen molar-refractivity contribution in [1.29, 1.82) is 0 Å². The Hall–Kier alpha value is -3.64. The second-order valence-corrected chi connectivity index (χ2v) is 17.2. The smallest absolute Gasteiger partial charge is 0.177 e. The van der Waals surface area contributed by atoms with Gasteiger partial charge in [-0.2, -0.15) is 8.78 Å². The molecule has 6 heterocycles. The quantitative estimate of drug-likeness (QED) is 0.160. The minimum Gasteiger partial charge on any atom is -0.205 e. The Labute approximate surface area is 281 Å². The van der Waals surface area contributed by atoms with Gasteiger partial charge in [0.2, 0.25) is 0 Å². The number of benzene rings is 4. The van der Waals surface area contributed by atoms with Crippen LogP contribution in [0.3, 0.4) is 0 Å². The van der Waals surface area contributed by atoms with Crippen molar-refractivity contribution in [2.24, 2.45) is 0 Å². The predicted molar refractivity (Wildman–Crippen MR) is 195 cm³/mol. The maximum absolute atomic E-state index is 15.5. The normalized spacial score (nSPS) is 12.3. The Bertz CT molecular complexity index is 2680. The highest BCUT2D eigenvalue weighted by Gasteiger charge is 2.22. The van der Waals surface area contributed by atoms with E-state index in [2.05, 4.69) is 0 Å². The average molecular weight is 715 g/mol. The molecule has 0 unspecified atom stereocenters. The third kappa shape index (κ3) is 4.04. The predicted octanol–water partition coefficient (Wildman–Crippen LogP) is 14.5. The highest BCUT2D eigenvalue weighted by molar-refractivity contribution is 7.31. The first-order valence-electron chi connectivity index (χ1n) is 14.1. The van der Waals surface area contributed by atoms with E-state index in [0.717, 1.165) is 104 Å². The lowest BCUT2D eigenvalue weighted by molar-refractivity contribution is 0.624. The third-order valence-corrected chi connectivity index (χ3v) is 15.4. The van der Waals surface area contributed by atoms with Crippen molar-refractivity contribution in [3.05, 3.63) is 107 Å². The Balaban J connectivity index is 1.05. The fourth-order valence-electron chi connectivity index (χ4n) is 6.27. The van der Waals surface area contributed by atoms with Crippen LogP contribution in [-0.4, -0.2) is 0 Å². The number of thiophene rings is 6. The van der Waals surface area contributed by atoms with Gasteiger partial charge >= 0.3 is 0 Å². The summed E-state index contributed by atoms with van der Waals surface area (Å²) in [5.41, 5.74) is 0. The summed E-state index contributed by atoms with van der Waals surface area (Å²) in [5, 5.41) is 7.50. The van der Waals surface area contributed by atoms with E-state index in [1.54, 1.807) is 34.8 Å². The highest BCUT2D eigenvalue weighted by Crippen LogP contribution is 2.49. The van der Waals surface area contributed by atoms with Gasteiger partial charge in [-0.15, -0.1) is 68.0 Å². The molecule has 0 aliphatic rings. The average Bonchev–Trinajstić information content (AvgIpc) is 3.87. The molecule has 0 bridgehead atoms. The van der Waals surface area contributed by atoms with Gasteiger partial charge in [-0.05, 0) is 57.9 Å². The zero-order valence-corrected chi connectivity index (χ0v) is 27.9. The van der Waals surface area contributed by atoms with E-state index < -0.39 is 11.6 Å². The minimum atomic E-state index is -0.445. The fourth-order valence-corrected chi connectivity index (χ4v) is 12.8. The molecule has 0 saturated heterocycles. The third-order valence-electron chi connectivity index (χ3n) is 8.33. The zero-order chi connectivity index (χ0) is 30.8. The highest BCUT2D eigenvalue weighted by atomic mass is 32.1. The molecule has 0 radical (unpaired) electrons. The van der Waals surface area contributed by atoms with Gasteiger partial charge in [-0.3, -0.25) is 0 Å². The van der Waals surface area contributed by atoms with E-state index in [4.69, 9.17) is 0 Å². The van der Waals surface area contributed by atoms with Crippen molar-refractivity contribution in [3.63, 3.8) is 0 Å². The van der Waals surface area contributed by atoms with Crippen molar-refractivity contribution >= 4 is 130 Å². The maximum atomic E-state index is 15.5. The van der Waals surface area contributed by atoms with Crippen LogP contribution in [0.25, 0.3) is 91.2 Å². The monoisotopic (exact) mass is 714 g/mol. The summed E-state index contributed by atoms with van der Waals surface area (Å²) in [7, 11) is 0. The molecule has 10 rings (SSSR count).